The van der Waals surface area contributed by atoms with Gasteiger partial charge in [0.05, 0.1) is 12.0 Å². The maximum atomic E-state index is 13.4. The smallest absolute Gasteiger partial charge is 0.264 e. The monoisotopic (exact) mass is 460 g/mol. The third-order valence-corrected chi connectivity index (χ3v) is 7.50. The molecule has 1 aliphatic heterocycles. The van der Waals surface area contributed by atoms with Crippen LogP contribution >= 0.6 is 11.3 Å². The summed E-state index contributed by atoms with van der Waals surface area (Å²) in [5, 5.41) is 5.72. The van der Waals surface area contributed by atoms with Gasteiger partial charge in [-0.25, -0.2) is 0 Å². The molecule has 0 saturated carbocycles. The topological polar surface area (TPSA) is 50.6 Å². The van der Waals surface area contributed by atoms with Crippen LogP contribution in [-0.2, 0) is 7.05 Å². The number of hydrogen-bond donors (Lipinski definition) is 0. The number of nitrogens with zero attached hydrogens (tertiary/aromatic N) is 4. The standard InChI is InChI=1S/C26H28N4O2S/c1-17-7-5-9-20(13-17)30-12-11-29(16-18(30)2)25(31)23-15-22-24(27-28(3)26(22)33-23)19-8-6-10-21(14-19)32-4/h5-10,13-15,18H,11-12,16H2,1-4H3/t18-/m0/s1. The van der Waals surface area contributed by atoms with Crippen molar-refractivity contribution in [3.63, 3.8) is 0 Å². The Morgan fingerprint density at radius 2 is 1.94 bits per heavy atom. The Morgan fingerprint density at radius 1 is 1.12 bits per heavy atom. The fourth-order valence-electron chi connectivity index (χ4n) is 4.62. The van der Waals surface area contributed by atoms with Crippen LogP contribution in [-0.4, -0.2) is 53.4 Å². The van der Waals surface area contributed by atoms with Gasteiger partial charge in [-0.05, 0) is 49.7 Å². The molecule has 0 bridgehead atoms. The number of amides is 1. The van der Waals surface area contributed by atoms with Gasteiger partial charge in [-0.1, -0.05) is 24.3 Å². The first-order chi connectivity index (χ1) is 15.9. The van der Waals surface area contributed by atoms with Gasteiger partial charge in [0.15, 0.2) is 0 Å². The number of thiophene rings is 1. The Hall–Kier alpha value is -3.32. The normalized spacial score (nSPS) is 16.4. The molecule has 0 unspecified atom stereocenters. The first kappa shape index (κ1) is 21.5. The second-order valence-corrected chi connectivity index (χ2v) is 9.70. The van der Waals surface area contributed by atoms with Crippen molar-refractivity contribution in [1.82, 2.24) is 14.7 Å². The van der Waals surface area contributed by atoms with Gasteiger partial charge in [0.2, 0.25) is 0 Å². The van der Waals surface area contributed by atoms with Gasteiger partial charge in [0.25, 0.3) is 5.91 Å². The minimum atomic E-state index is 0.100. The molecule has 1 fully saturated rings. The number of anilines is 1. The van der Waals surface area contributed by atoms with Crippen molar-refractivity contribution in [3.05, 3.63) is 65.0 Å². The molecule has 0 N–H and O–H groups in total. The fraction of sp³-hybridized carbons (Fsp3) is 0.308. The van der Waals surface area contributed by atoms with Crippen molar-refractivity contribution in [2.45, 2.75) is 19.9 Å². The number of ether oxygens (including phenoxy) is 1. The number of hydrogen-bond acceptors (Lipinski definition) is 5. The molecule has 1 saturated heterocycles. The summed E-state index contributed by atoms with van der Waals surface area (Å²) in [6.07, 6.45) is 0. The lowest BCUT2D eigenvalue weighted by molar-refractivity contribution is 0.0731. The molecule has 1 amide bonds. The first-order valence-electron chi connectivity index (χ1n) is 11.2. The highest BCUT2D eigenvalue weighted by Crippen LogP contribution is 2.35. The van der Waals surface area contributed by atoms with E-state index in [1.807, 2.05) is 47.0 Å². The third kappa shape index (κ3) is 3.97. The quantitative estimate of drug-likeness (QED) is 0.432. The van der Waals surface area contributed by atoms with E-state index >= 15 is 0 Å². The summed E-state index contributed by atoms with van der Waals surface area (Å²) in [6, 6.07) is 18.7. The molecule has 0 radical (unpaired) electrons. The summed E-state index contributed by atoms with van der Waals surface area (Å²) in [5.74, 6) is 0.891. The van der Waals surface area contributed by atoms with Crippen LogP contribution in [0.15, 0.2) is 54.6 Å². The Labute approximate surface area is 198 Å². The molecule has 7 heteroatoms. The molecule has 2 aromatic carbocycles. The van der Waals surface area contributed by atoms with Crippen LogP contribution in [0.2, 0.25) is 0 Å². The van der Waals surface area contributed by atoms with E-state index in [1.54, 1.807) is 7.11 Å². The molecule has 170 valence electrons. The molecule has 1 atom stereocenters. The van der Waals surface area contributed by atoms with E-state index in [1.165, 1.54) is 22.6 Å². The maximum Gasteiger partial charge on any atom is 0.264 e. The minimum absolute atomic E-state index is 0.100. The highest BCUT2D eigenvalue weighted by atomic mass is 32.1. The fourth-order valence-corrected chi connectivity index (χ4v) is 5.66. The molecule has 0 spiro atoms. The molecule has 4 aromatic rings. The van der Waals surface area contributed by atoms with E-state index in [9.17, 15) is 4.79 Å². The van der Waals surface area contributed by atoms with Crippen molar-refractivity contribution < 1.29 is 9.53 Å². The molecule has 3 heterocycles. The van der Waals surface area contributed by atoms with Crippen molar-refractivity contribution in [2.24, 2.45) is 7.05 Å². The van der Waals surface area contributed by atoms with Crippen LogP contribution in [0.1, 0.15) is 22.2 Å². The van der Waals surface area contributed by atoms with E-state index in [-0.39, 0.29) is 11.9 Å². The summed E-state index contributed by atoms with van der Waals surface area (Å²) in [5.41, 5.74) is 4.34. The summed E-state index contributed by atoms with van der Waals surface area (Å²) in [4.78, 5) is 19.6. The van der Waals surface area contributed by atoms with Gasteiger partial charge in [-0.15, -0.1) is 11.3 Å². The van der Waals surface area contributed by atoms with Gasteiger partial charge < -0.3 is 14.5 Å². The van der Waals surface area contributed by atoms with Gasteiger partial charge in [-0.3, -0.25) is 9.48 Å². The van der Waals surface area contributed by atoms with E-state index in [4.69, 9.17) is 9.84 Å². The van der Waals surface area contributed by atoms with Crippen LogP contribution in [0.4, 0.5) is 5.69 Å². The lowest BCUT2D eigenvalue weighted by atomic mass is 10.1. The summed E-state index contributed by atoms with van der Waals surface area (Å²) < 4.78 is 7.24. The summed E-state index contributed by atoms with van der Waals surface area (Å²) >= 11 is 1.52. The average molecular weight is 461 g/mol. The van der Waals surface area contributed by atoms with E-state index in [0.717, 1.165) is 38.6 Å². The third-order valence-electron chi connectivity index (χ3n) is 6.31. The molecule has 5 rings (SSSR count). The van der Waals surface area contributed by atoms with Gasteiger partial charge in [0.1, 0.15) is 16.3 Å². The molecule has 0 aliphatic carbocycles. The summed E-state index contributed by atoms with van der Waals surface area (Å²) in [6.45, 7) is 6.56. The zero-order valence-electron chi connectivity index (χ0n) is 19.4. The highest BCUT2D eigenvalue weighted by Gasteiger charge is 2.29. The lowest BCUT2D eigenvalue weighted by Gasteiger charge is -2.41. The van der Waals surface area contributed by atoms with Crippen molar-refractivity contribution >= 4 is 33.1 Å². The van der Waals surface area contributed by atoms with Crippen LogP contribution in [0.25, 0.3) is 21.5 Å². The number of aryl methyl sites for hydroxylation is 2. The van der Waals surface area contributed by atoms with Crippen LogP contribution in [0, 0.1) is 6.92 Å². The van der Waals surface area contributed by atoms with Crippen LogP contribution < -0.4 is 9.64 Å². The number of piperazine rings is 1. The van der Waals surface area contributed by atoms with E-state index < -0.39 is 0 Å². The Balaban J connectivity index is 1.39. The number of carbonyl (C=O) groups excluding carboxylic acids is 1. The SMILES string of the molecule is COc1cccc(-c2nn(C)c3sc(C(=O)N4CCN(c5cccc(C)c5)[C@@H](C)C4)cc23)c1. The molecular formula is C26H28N4O2S. The molecular weight excluding hydrogens is 432 g/mol. The molecule has 6 nitrogen and oxygen atoms in total. The average Bonchev–Trinajstić information content (AvgIpc) is 3.39. The number of rotatable bonds is 4. The zero-order chi connectivity index (χ0) is 23.1. The molecule has 33 heavy (non-hydrogen) atoms. The second-order valence-electron chi connectivity index (χ2n) is 8.67. The van der Waals surface area contributed by atoms with Gasteiger partial charge >= 0.3 is 0 Å². The number of aromatic nitrogens is 2. The largest absolute Gasteiger partial charge is 0.497 e. The summed E-state index contributed by atoms with van der Waals surface area (Å²) in [7, 11) is 3.59. The van der Waals surface area contributed by atoms with E-state index in [2.05, 4.69) is 43.0 Å². The number of fused-ring (bicyclic) bond motifs is 1. The maximum absolute atomic E-state index is 13.4. The van der Waals surface area contributed by atoms with Crippen LogP contribution in [0.5, 0.6) is 5.75 Å². The number of methoxy groups -OCH3 is 1. The van der Waals surface area contributed by atoms with Gasteiger partial charge in [0, 0.05) is 49.4 Å². The highest BCUT2D eigenvalue weighted by molar-refractivity contribution is 7.20. The number of carbonyl (C=O) groups is 1. The van der Waals surface area contributed by atoms with Gasteiger partial charge in [-0.2, -0.15) is 5.10 Å². The van der Waals surface area contributed by atoms with Crippen molar-refractivity contribution in [3.8, 4) is 17.0 Å². The van der Waals surface area contributed by atoms with Crippen molar-refractivity contribution in [1.29, 1.82) is 0 Å². The van der Waals surface area contributed by atoms with E-state index in [0.29, 0.717) is 13.1 Å². The Morgan fingerprint density at radius 3 is 2.70 bits per heavy atom. The minimum Gasteiger partial charge on any atom is -0.497 e. The predicted octanol–water partition coefficient (Wildman–Crippen LogP) is 4.97. The molecule has 1 aliphatic rings. The first-order valence-corrected chi connectivity index (χ1v) is 12.0. The Kier molecular flexibility index (Phi) is 5.58. The predicted molar refractivity (Wildman–Crippen MR) is 134 cm³/mol. The Bertz CT molecular complexity index is 1330. The number of benzene rings is 2. The second kappa shape index (κ2) is 8.56. The van der Waals surface area contributed by atoms with Crippen molar-refractivity contribution in [2.75, 3.05) is 31.6 Å². The van der Waals surface area contributed by atoms with Crippen LogP contribution in [0.3, 0.4) is 0 Å². The molecule has 2 aromatic heterocycles. The lowest BCUT2D eigenvalue weighted by Crippen LogP contribution is -2.53. The zero-order valence-corrected chi connectivity index (χ0v) is 20.2.